The molecule has 2 heterocycles. The van der Waals surface area contributed by atoms with Crippen LogP contribution in [0.15, 0.2) is 48.5 Å². The molecule has 0 radical (unpaired) electrons. The highest BCUT2D eigenvalue weighted by molar-refractivity contribution is 7.13. The molecule has 0 aliphatic carbocycles. The molecule has 4 rings (SSSR count). The second-order valence-corrected chi connectivity index (χ2v) is 8.44. The van der Waals surface area contributed by atoms with E-state index in [2.05, 4.69) is 10.3 Å². The Morgan fingerprint density at radius 1 is 1.27 bits per heavy atom. The molecule has 1 saturated heterocycles. The highest BCUT2D eigenvalue weighted by Crippen LogP contribution is 2.26. The topological polar surface area (TPSA) is 71.5 Å². The van der Waals surface area contributed by atoms with Crippen LogP contribution in [0.5, 0.6) is 5.75 Å². The summed E-state index contributed by atoms with van der Waals surface area (Å²) < 4.78 is 5.72. The van der Waals surface area contributed by atoms with Gasteiger partial charge in [-0.3, -0.25) is 9.59 Å². The number of anilines is 2. The second-order valence-electron chi connectivity index (χ2n) is 6.92. The van der Waals surface area contributed by atoms with E-state index in [0.29, 0.717) is 45.0 Å². The summed E-state index contributed by atoms with van der Waals surface area (Å²) in [6.45, 7) is 2.78. The van der Waals surface area contributed by atoms with Crippen molar-refractivity contribution in [2.24, 2.45) is 0 Å². The maximum Gasteiger partial charge on any atom is 0.267 e. The van der Waals surface area contributed by atoms with Crippen molar-refractivity contribution in [1.29, 1.82) is 0 Å². The van der Waals surface area contributed by atoms with E-state index in [1.807, 2.05) is 24.3 Å². The molecule has 0 unspecified atom stereocenters. The maximum atomic E-state index is 12.8. The van der Waals surface area contributed by atoms with Crippen LogP contribution in [0.2, 0.25) is 5.02 Å². The molecular weight excluding hydrogens is 422 g/mol. The third kappa shape index (κ3) is 4.63. The number of ether oxygens (including phenoxy) is 1. The molecule has 2 aromatic carbocycles. The van der Waals surface area contributed by atoms with E-state index in [1.54, 1.807) is 36.1 Å². The van der Waals surface area contributed by atoms with Gasteiger partial charge in [0.1, 0.15) is 22.2 Å². The lowest BCUT2D eigenvalue weighted by Gasteiger charge is -2.16. The predicted molar refractivity (Wildman–Crippen MR) is 119 cm³/mol. The fourth-order valence-corrected chi connectivity index (χ4v) is 4.26. The van der Waals surface area contributed by atoms with E-state index in [-0.39, 0.29) is 18.4 Å². The highest BCUT2D eigenvalue weighted by Gasteiger charge is 2.22. The Balaban J connectivity index is 1.42. The fourth-order valence-electron chi connectivity index (χ4n) is 3.26. The molecule has 30 heavy (non-hydrogen) atoms. The Morgan fingerprint density at radius 2 is 2.07 bits per heavy atom. The van der Waals surface area contributed by atoms with Crippen molar-refractivity contribution in [1.82, 2.24) is 4.98 Å². The zero-order valence-electron chi connectivity index (χ0n) is 16.4. The van der Waals surface area contributed by atoms with E-state index in [4.69, 9.17) is 16.3 Å². The van der Waals surface area contributed by atoms with Gasteiger partial charge in [-0.1, -0.05) is 17.7 Å². The lowest BCUT2D eigenvalue weighted by Crippen LogP contribution is -2.23. The van der Waals surface area contributed by atoms with Crippen LogP contribution in [0.4, 0.5) is 11.4 Å². The Morgan fingerprint density at radius 3 is 2.80 bits per heavy atom. The molecule has 1 N–H and O–H groups in total. The van der Waals surface area contributed by atoms with Crippen molar-refractivity contribution in [3.63, 3.8) is 0 Å². The van der Waals surface area contributed by atoms with Crippen LogP contribution in [0.1, 0.15) is 33.2 Å². The minimum Gasteiger partial charge on any atom is -0.486 e. The van der Waals surface area contributed by atoms with Crippen molar-refractivity contribution in [2.75, 3.05) is 16.8 Å². The number of hydrogen-bond acceptors (Lipinski definition) is 5. The first-order valence-corrected chi connectivity index (χ1v) is 10.8. The number of benzene rings is 2. The molecule has 6 nitrogen and oxygen atoms in total. The molecule has 2 amide bonds. The number of thiazole rings is 1. The Bertz CT molecular complexity index is 1080. The van der Waals surface area contributed by atoms with E-state index in [1.165, 1.54) is 11.3 Å². The Kier molecular flexibility index (Phi) is 6.01. The summed E-state index contributed by atoms with van der Waals surface area (Å²) in [5.74, 6) is 0.571. The zero-order valence-corrected chi connectivity index (χ0v) is 17.9. The molecule has 8 heteroatoms. The van der Waals surface area contributed by atoms with Crippen molar-refractivity contribution in [3.8, 4) is 5.75 Å². The van der Waals surface area contributed by atoms with Gasteiger partial charge in [0.25, 0.3) is 5.91 Å². The third-order valence-electron chi connectivity index (χ3n) is 4.71. The molecule has 0 saturated carbocycles. The molecule has 1 fully saturated rings. The normalized spacial score (nSPS) is 13.5. The first-order chi connectivity index (χ1) is 14.5. The number of aryl methyl sites for hydroxylation is 1. The lowest BCUT2D eigenvalue weighted by molar-refractivity contribution is -0.117. The molecule has 1 aromatic heterocycles. The van der Waals surface area contributed by atoms with Crippen LogP contribution in [-0.4, -0.2) is 23.3 Å². The number of amides is 2. The first kappa shape index (κ1) is 20.4. The van der Waals surface area contributed by atoms with Gasteiger partial charge in [-0.15, -0.1) is 11.3 Å². The molecule has 3 aromatic rings. The first-order valence-electron chi connectivity index (χ1n) is 9.56. The van der Waals surface area contributed by atoms with Gasteiger partial charge in [0, 0.05) is 29.4 Å². The van der Waals surface area contributed by atoms with Crippen molar-refractivity contribution >= 4 is 46.1 Å². The van der Waals surface area contributed by atoms with Gasteiger partial charge < -0.3 is 15.0 Å². The van der Waals surface area contributed by atoms with Crippen LogP contribution < -0.4 is 15.0 Å². The summed E-state index contributed by atoms with van der Waals surface area (Å²) in [7, 11) is 0. The average molecular weight is 442 g/mol. The Hall–Kier alpha value is -2.90. The van der Waals surface area contributed by atoms with Crippen LogP contribution >= 0.6 is 22.9 Å². The maximum absolute atomic E-state index is 12.8. The molecule has 0 spiro atoms. The van der Waals surface area contributed by atoms with Crippen molar-refractivity contribution < 1.29 is 14.3 Å². The van der Waals surface area contributed by atoms with Gasteiger partial charge in [0.15, 0.2) is 0 Å². The summed E-state index contributed by atoms with van der Waals surface area (Å²) in [5, 5.41) is 4.26. The summed E-state index contributed by atoms with van der Waals surface area (Å²) in [5.41, 5.74) is 2.09. The number of rotatable bonds is 6. The number of hydrogen-bond donors (Lipinski definition) is 1. The zero-order chi connectivity index (χ0) is 21.1. The number of carbonyl (C=O) groups is 2. The minimum atomic E-state index is -0.229. The molecule has 154 valence electrons. The van der Waals surface area contributed by atoms with E-state index in [9.17, 15) is 9.59 Å². The van der Waals surface area contributed by atoms with Crippen LogP contribution in [0.3, 0.4) is 0 Å². The quantitative estimate of drug-likeness (QED) is 0.580. The van der Waals surface area contributed by atoms with E-state index < -0.39 is 0 Å². The van der Waals surface area contributed by atoms with E-state index >= 15 is 0 Å². The second kappa shape index (κ2) is 8.85. The lowest BCUT2D eigenvalue weighted by atomic mass is 10.2. The summed E-state index contributed by atoms with van der Waals surface area (Å²) >= 11 is 7.18. The van der Waals surface area contributed by atoms with Crippen LogP contribution in [0.25, 0.3) is 0 Å². The van der Waals surface area contributed by atoms with Crippen LogP contribution in [0, 0.1) is 6.92 Å². The minimum absolute atomic E-state index is 0.113. The van der Waals surface area contributed by atoms with Gasteiger partial charge in [-0.25, -0.2) is 4.98 Å². The van der Waals surface area contributed by atoms with Gasteiger partial charge in [0.05, 0.1) is 5.69 Å². The molecule has 1 aliphatic rings. The highest BCUT2D eigenvalue weighted by atomic mass is 35.5. The number of nitrogens with one attached hydrogen (secondary N) is 1. The average Bonchev–Trinajstić information content (AvgIpc) is 3.33. The monoisotopic (exact) mass is 441 g/mol. The van der Waals surface area contributed by atoms with Gasteiger partial charge in [0.2, 0.25) is 5.91 Å². The SMILES string of the molecule is Cc1nc(COc2ccc(Cl)cc2)sc1C(=O)Nc1cccc(N2CCCC2=O)c1. The largest absolute Gasteiger partial charge is 0.486 e. The predicted octanol–water partition coefficient (Wildman–Crippen LogP) is 5.06. The third-order valence-corrected chi connectivity index (χ3v) is 6.09. The summed E-state index contributed by atoms with van der Waals surface area (Å²) in [4.78, 5) is 31.5. The van der Waals surface area contributed by atoms with Crippen molar-refractivity contribution in [3.05, 3.63) is 69.1 Å². The molecule has 0 atom stereocenters. The van der Waals surface area contributed by atoms with Gasteiger partial charge >= 0.3 is 0 Å². The summed E-state index contributed by atoms with van der Waals surface area (Å²) in [6, 6.07) is 14.4. The number of aromatic nitrogens is 1. The number of nitrogens with zero attached hydrogens (tertiary/aromatic N) is 2. The fraction of sp³-hybridized carbons (Fsp3) is 0.227. The van der Waals surface area contributed by atoms with Gasteiger partial charge in [-0.05, 0) is 55.8 Å². The summed E-state index contributed by atoms with van der Waals surface area (Å²) in [6.07, 6.45) is 1.42. The smallest absolute Gasteiger partial charge is 0.267 e. The van der Waals surface area contributed by atoms with Gasteiger partial charge in [-0.2, -0.15) is 0 Å². The van der Waals surface area contributed by atoms with E-state index in [0.717, 1.165) is 12.1 Å². The standard InChI is InChI=1S/C22H20ClN3O3S/c1-14-21(30-19(24-14)13-29-18-9-7-15(23)8-10-18)22(28)25-16-4-2-5-17(12-16)26-11-3-6-20(26)27/h2,4-5,7-10,12H,3,6,11,13H2,1H3,(H,25,28). The van der Waals surface area contributed by atoms with Crippen LogP contribution in [-0.2, 0) is 11.4 Å². The van der Waals surface area contributed by atoms with Crippen molar-refractivity contribution in [2.45, 2.75) is 26.4 Å². The molecule has 0 bridgehead atoms. The Labute approximate surface area is 183 Å². The number of carbonyl (C=O) groups excluding carboxylic acids is 2. The molecule has 1 aliphatic heterocycles. The number of halogens is 1. The molecular formula is C22H20ClN3O3S.